The summed E-state index contributed by atoms with van der Waals surface area (Å²) in [5.74, 6) is 1.42. The number of rotatable bonds is 2. The highest BCUT2D eigenvalue weighted by molar-refractivity contribution is 6.30. The van der Waals surface area contributed by atoms with Gasteiger partial charge in [0.05, 0.1) is 0 Å². The molecule has 0 aliphatic heterocycles. The summed E-state index contributed by atoms with van der Waals surface area (Å²) in [7, 11) is 0. The second-order valence-electron chi connectivity index (χ2n) is 3.74. The Balaban J connectivity index is 2.99. The van der Waals surface area contributed by atoms with Crippen LogP contribution in [0.15, 0.2) is 0 Å². The van der Waals surface area contributed by atoms with Crippen LogP contribution < -0.4 is 0 Å². The van der Waals surface area contributed by atoms with Gasteiger partial charge >= 0.3 is 0 Å². The number of hydrogen-bond acceptors (Lipinski definition) is 2. The van der Waals surface area contributed by atoms with Crippen molar-refractivity contribution in [1.29, 1.82) is 0 Å². The van der Waals surface area contributed by atoms with E-state index in [0.717, 1.165) is 23.5 Å². The van der Waals surface area contributed by atoms with Gasteiger partial charge in [0.15, 0.2) is 0 Å². The summed E-state index contributed by atoms with van der Waals surface area (Å²) in [5, 5.41) is 0.586. The minimum Gasteiger partial charge on any atom is -0.238 e. The molecule has 0 spiro atoms. The van der Waals surface area contributed by atoms with E-state index in [4.69, 9.17) is 11.6 Å². The number of hydrogen-bond donors (Lipinski definition) is 0. The summed E-state index contributed by atoms with van der Waals surface area (Å²) < 4.78 is 0. The minimum atomic E-state index is 0.568. The highest BCUT2D eigenvalue weighted by atomic mass is 35.5. The summed E-state index contributed by atoms with van der Waals surface area (Å²) in [5.41, 5.74) is 1.96. The van der Waals surface area contributed by atoms with Crippen LogP contribution in [-0.2, 0) is 6.42 Å². The van der Waals surface area contributed by atoms with E-state index in [9.17, 15) is 0 Å². The summed E-state index contributed by atoms with van der Waals surface area (Å²) in [4.78, 5) is 8.61. The second-order valence-corrected chi connectivity index (χ2v) is 4.10. The van der Waals surface area contributed by atoms with Gasteiger partial charge in [-0.1, -0.05) is 25.4 Å². The Morgan fingerprint density at radius 3 is 2.31 bits per heavy atom. The number of halogens is 1. The van der Waals surface area contributed by atoms with Crippen LogP contribution in [0.4, 0.5) is 0 Å². The molecule has 72 valence electrons. The van der Waals surface area contributed by atoms with E-state index < -0.39 is 0 Å². The molecule has 0 unspecified atom stereocenters. The molecule has 0 aliphatic rings. The first-order valence-corrected chi connectivity index (χ1v) is 4.88. The van der Waals surface area contributed by atoms with E-state index in [-0.39, 0.29) is 0 Å². The van der Waals surface area contributed by atoms with Crippen LogP contribution in [0.3, 0.4) is 0 Å². The lowest BCUT2D eigenvalue weighted by Crippen LogP contribution is -2.04. The van der Waals surface area contributed by atoms with E-state index in [1.54, 1.807) is 0 Å². The predicted molar refractivity (Wildman–Crippen MR) is 55.1 cm³/mol. The third kappa shape index (κ3) is 2.66. The molecule has 1 rings (SSSR count). The van der Waals surface area contributed by atoms with Crippen LogP contribution >= 0.6 is 11.6 Å². The van der Waals surface area contributed by atoms with Gasteiger partial charge in [0, 0.05) is 17.7 Å². The van der Waals surface area contributed by atoms with Crippen molar-refractivity contribution in [2.24, 2.45) is 5.92 Å². The lowest BCUT2D eigenvalue weighted by molar-refractivity contribution is 0.618. The first kappa shape index (κ1) is 10.5. The number of aryl methyl sites for hydroxylation is 1. The van der Waals surface area contributed by atoms with Gasteiger partial charge in [-0.3, -0.25) is 0 Å². The smallest absolute Gasteiger partial charge is 0.135 e. The van der Waals surface area contributed by atoms with Crippen molar-refractivity contribution in [2.75, 3.05) is 0 Å². The van der Waals surface area contributed by atoms with E-state index in [1.807, 2.05) is 13.8 Å². The van der Waals surface area contributed by atoms with E-state index in [0.29, 0.717) is 11.1 Å². The SMILES string of the molecule is Cc1nc(CC(C)C)nc(Cl)c1C. The summed E-state index contributed by atoms with van der Waals surface area (Å²) in [6, 6.07) is 0. The first-order chi connectivity index (χ1) is 6.00. The zero-order valence-corrected chi connectivity index (χ0v) is 9.31. The summed E-state index contributed by atoms with van der Waals surface area (Å²) >= 11 is 5.95. The fourth-order valence-corrected chi connectivity index (χ4v) is 1.34. The van der Waals surface area contributed by atoms with Gasteiger partial charge < -0.3 is 0 Å². The van der Waals surface area contributed by atoms with Gasteiger partial charge in [-0.15, -0.1) is 0 Å². The highest BCUT2D eigenvalue weighted by Crippen LogP contribution is 2.15. The molecular weight excluding hydrogens is 184 g/mol. The standard InChI is InChI=1S/C10H15ClN2/c1-6(2)5-9-12-8(4)7(3)10(11)13-9/h6H,5H2,1-4H3. The Morgan fingerprint density at radius 1 is 1.23 bits per heavy atom. The van der Waals surface area contributed by atoms with Gasteiger partial charge in [-0.05, 0) is 19.8 Å². The summed E-state index contributed by atoms with van der Waals surface area (Å²) in [6.45, 7) is 8.20. The number of aromatic nitrogens is 2. The molecule has 2 nitrogen and oxygen atoms in total. The van der Waals surface area contributed by atoms with Gasteiger partial charge in [-0.25, -0.2) is 9.97 Å². The van der Waals surface area contributed by atoms with Crippen LogP contribution in [0.5, 0.6) is 0 Å². The third-order valence-electron chi connectivity index (χ3n) is 1.97. The van der Waals surface area contributed by atoms with Gasteiger partial charge in [0.25, 0.3) is 0 Å². The molecule has 0 radical (unpaired) electrons. The van der Waals surface area contributed by atoms with Crippen LogP contribution in [-0.4, -0.2) is 9.97 Å². The fourth-order valence-electron chi connectivity index (χ4n) is 1.11. The lowest BCUT2D eigenvalue weighted by Gasteiger charge is -2.07. The van der Waals surface area contributed by atoms with E-state index >= 15 is 0 Å². The Bertz CT molecular complexity index is 285. The molecule has 1 heterocycles. The van der Waals surface area contributed by atoms with Gasteiger partial charge in [0.1, 0.15) is 11.0 Å². The van der Waals surface area contributed by atoms with Gasteiger partial charge in [0.2, 0.25) is 0 Å². The van der Waals surface area contributed by atoms with Crippen LogP contribution in [0.1, 0.15) is 30.9 Å². The quantitative estimate of drug-likeness (QED) is 0.683. The number of nitrogens with zero attached hydrogens (tertiary/aromatic N) is 2. The minimum absolute atomic E-state index is 0.568. The van der Waals surface area contributed by atoms with Crippen LogP contribution in [0.2, 0.25) is 5.15 Å². The molecule has 0 atom stereocenters. The molecule has 0 amide bonds. The molecule has 0 saturated heterocycles. The van der Waals surface area contributed by atoms with Crippen molar-refractivity contribution in [1.82, 2.24) is 9.97 Å². The van der Waals surface area contributed by atoms with Crippen LogP contribution in [0.25, 0.3) is 0 Å². The predicted octanol–water partition coefficient (Wildman–Crippen LogP) is 2.95. The molecule has 0 aromatic carbocycles. The molecule has 13 heavy (non-hydrogen) atoms. The molecule has 0 aliphatic carbocycles. The third-order valence-corrected chi connectivity index (χ3v) is 2.33. The zero-order chi connectivity index (χ0) is 10.0. The lowest BCUT2D eigenvalue weighted by atomic mass is 10.1. The zero-order valence-electron chi connectivity index (χ0n) is 8.56. The van der Waals surface area contributed by atoms with Crippen molar-refractivity contribution in [3.8, 4) is 0 Å². The largest absolute Gasteiger partial charge is 0.238 e. The monoisotopic (exact) mass is 198 g/mol. The molecule has 0 N–H and O–H groups in total. The van der Waals surface area contributed by atoms with Crippen molar-refractivity contribution in [3.05, 3.63) is 22.2 Å². The molecule has 1 aromatic heterocycles. The molecule has 0 fully saturated rings. The Labute approximate surface area is 84.4 Å². The van der Waals surface area contributed by atoms with Crippen molar-refractivity contribution >= 4 is 11.6 Å². The summed E-state index contributed by atoms with van der Waals surface area (Å²) in [6.07, 6.45) is 0.890. The first-order valence-electron chi connectivity index (χ1n) is 4.50. The van der Waals surface area contributed by atoms with Gasteiger partial charge in [-0.2, -0.15) is 0 Å². The molecular formula is C10H15ClN2. The molecule has 1 aromatic rings. The average Bonchev–Trinajstić information content (AvgIpc) is 1.98. The van der Waals surface area contributed by atoms with E-state index in [1.165, 1.54) is 0 Å². The van der Waals surface area contributed by atoms with Crippen molar-refractivity contribution in [3.63, 3.8) is 0 Å². The molecule has 3 heteroatoms. The maximum Gasteiger partial charge on any atom is 0.135 e. The topological polar surface area (TPSA) is 25.8 Å². The Kier molecular flexibility index (Phi) is 3.26. The van der Waals surface area contributed by atoms with E-state index in [2.05, 4.69) is 23.8 Å². The second kappa shape index (κ2) is 4.05. The van der Waals surface area contributed by atoms with Crippen molar-refractivity contribution < 1.29 is 0 Å². The Morgan fingerprint density at radius 2 is 1.85 bits per heavy atom. The average molecular weight is 199 g/mol. The maximum absolute atomic E-state index is 5.95. The highest BCUT2D eigenvalue weighted by Gasteiger charge is 2.06. The Hall–Kier alpha value is -0.630. The van der Waals surface area contributed by atoms with Crippen LogP contribution in [0, 0.1) is 19.8 Å². The van der Waals surface area contributed by atoms with Crippen molar-refractivity contribution in [2.45, 2.75) is 34.1 Å². The maximum atomic E-state index is 5.95. The molecule has 0 saturated carbocycles. The fraction of sp³-hybridized carbons (Fsp3) is 0.600. The normalized spacial score (nSPS) is 10.9. The molecule has 0 bridgehead atoms.